The molecule has 0 bridgehead atoms. The van der Waals surface area contributed by atoms with Crippen LogP contribution in [0.2, 0.25) is 0 Å². The maximum atomic E-state index is 14.1. The van der Waals surface area contributed by atoms with Crippen molar-refractivity contribution < 1.29 is 24.0 Å². The van der Waals surface area contributed by atoms with E-state index in [0.29, 0.717) is 25.8 Å². The van der Waals surface area contributed by atoms with Crippen molar-refractivity contribution in [3.8, 4) is 0 Å². The first-order valence-electron chi connectivity index (χ1n) is 17.5. The topological polar surface area (TPSA) is 149 Å². The van der Waals surface area contributed by atoms with Crippen LogP contribution in [-0.4, -0.2) is 82.7 Å². The van der Waals surface area contributed by atoms with E-state index in [2.05, 4.69) is 26.6 Å². The molecule has 3 aromatic carbocycles. The third-order valence-electron chi connectivity index (χ3n) is 9.28. The summed E-state index contributed by atoms with van der Waals surface area (Å²) in [4.78, 5) is 70.8. The van der Waals surface area contributed by atoms with Gasteiger partial charge in [-0.1, -0.05) is 117 Å². The van der Waals surface area contributed by atoms with Gasteiger partial charge in [0.1, 0.15) is 24.2 Å². The number of carbonyl (C=O) groups excluding carboxylic acids is 5. The second kappa shape index (κ2) is 17.7. The van der Waals surface area contributed by atoms with Crippen molar-refractivity contribution in [2.45, 2.75) is 76.2 Å². The Hall–Kier alpha value is -5.10. The standard InChI is InChI=1S/C39H46N6O5S/c1-25(2)34-38(50)42-31(23-28-17-10-5-11-18-28)39(51)43-29(21-26-13-6-3-7-14-26)35(47)40-24-33(46)45-20-12-19-32(45)37(49)41-30(36(48)44-34)22-27-15-8-4-9-16-27/h3-11,13-18,25,29-32,34H,12,19-24H2,1-2H3,(H,40,47)(H,41,49)(H,42,50)(H,43,51)(H,44,48)/t29-,30-,31-,32-,34-/m0/s1. The van der Waals surface area contributed by atoms with Gasteiger partial charge in [0, 0.05) is 19.4 Å². The first-order chi connectivity index (χ1) is 24.6. The van der Waals surface area contributed by atoms with Crippen LogP contribution in [0.25, 0.3) is 0 Å². The molecule has 268 valence electrons. The van der Waals surface area contributed by atoms with Gasteiger partial charge in [0.15, 0.2) is 0 Å². The Bertz CT molecular complexity index is 1690. The van der Waals surface area contributed by atoms with Gasteiger partial charge in [-0.3, -0.25) is 24.0 Å². The lowest BCUT2D eigenvalue weighted by Crippen LogP contribution is -2.61. The van der Waals surface area contributed by atoms with Crippen LogP contribution in [0.15, 0.2) is 91.0 Å². The molecule has 2 saturated heterocycles. The molecular weight excluding hydrogens is 665 g/mol. The highest BCUT2D eigenvalue weighted by molar-refractivity contribution is 7.80. The smallest absolute Gasteiger partial charge is 0.243 e. The largest absolute Gasteiger partial charge is 0.366 e. The summed E-state index contributed by atoms with van der Waals surface area (Å²) in [5.41, 5.74) is 2.59. The fourth-order valence-electron chi connectivity index (χ4n) is 6.49. The van der Waals surface area contributed by atoms with Gasteiger partial charge in [0.2, 0.25) is 29.5 Å². The van der Waals surface area contributed by atoms with Crippen LogP contribution < -0.4 is 26.6 Å². The van der Waals surface area contributed by atoms with Crippen molar-refractivity contribution >= 4 is 46.7 Å². The van der Waals surface area contributed by atoms with Crippen LogP contribution >= 0.6 is 12.2 Å². The van der Waals surface area contributed by atoms with Gasteiger partial charge < -0.3 is 31.5 Å². The summed E-state index contributed by atoms with van der Waals surface area (Å²) < 4.78 is 0. The number of hydrogen-bond donors (Lipinski definition) is 5. The summed E-state index contributed by atoms with van der Waals surface area (Å²) in [7, 11) is 0. The van der Waals surface area contributed by atoms with Gasteiger partial charge >= 0.3 is 0 Å². The molecule has 2 heterocycles. The summed E-state index contributed by atoms with van der Waals surface area (Å²) in [5, 5.41) is 14.8. The minimum atomic E-state index is -1.02. The minimum absolute atomic E-state index is 0.176. The molecule has 12 heteroatoms. The zero-order valence-corrected chi connectivity index (χ0v) is 29.8. The van der Waals surface area contributed by atoms with Crippen molar-refractivity contribution in [2.75, 3.05) is 13.1 Å². The maximum Gasteiger partial charge on any atom is 0.243 e. The quantitative estimate of drug-likeness (QED) is 0.236. The summed E-state index contributed by atoms with van der Waals surface area (Å²) in [6, 6.07) is 23.8. The molecule has 2 aliphatic rings. The first kappa shape index (κ1) is 37.2. The molecule has 51 heavy (non-hydrogen) atoms. The lowest BCUT2D eigenvalue weighted by molar-refractivity contribution is -0.140. The van der Waals surface area contributed by atoms with Gasteiger partial charge in [-0.25, -0.2) is 0 Å². The molecular formula is C39H46N6O5S. The molecule has 5 atom stereocenters. The fourth-order valence-corrected chi connectivity index (χ4v) is 6.78. The summed E-state index contributed by atoms with van der Waals surface area (Å²) in [6.07, 6.45) is 1.76. The molecule has 0 radical (unpaired) electrons. The molecule has 0 saturated carbocycles. The molecule has 11 nitrogen and oxygen atoms in total. The van der Waals surface area contributed by atoms with E-state index in [-0.39, 0.29) is 30.3 Å². The van der Waals surface area contributed by atoms with E-state index in [9.17, 15) is 24.0 Å². The second-order valence-electron chi connectivity index (χ2n) is 13.4. The number of benzene rings is 3. The highest BCUT2D eigenvalue weighted by Crippen LogP contribution is 2.19. The number of nitrogens with zero attached hydrogens (tertiary/aromatic N) is 1. The van der Waals surface area contributed by atoms with Crippen molar-refractivity contribution in [3.05, 3.63) is 108 Å². The summed E-state index contributed by atoms with van der Waals surface area (Å²) in [6.45, 7) is 3.67. The average molecular weight is 711 g/mol. The predicted molar refractivity (Wildman–Crippen MR) is 198 cm³/mol. The number of hydrogen-bond acceptors (Lipinski definition) is 6. The van der Waals surface area contributed by atoms with E-state index in [1.807, 2.05) is 105 Å². The van der Waals surface area contributed by atoms with Crippen molar-refractivity contribution in [3.63, 3.8) is 0 Å². The van der Waals surface area contributed by atoms with Gasteiger partial charge in [-0.05, 0) is 41.9 Å². The molecule has 0 aromatic heterocycles. The van der Waals surface area contributed by atoms with Crippen molar-refractivity contribution in [1.82, 2.24) is 31.5 Å². The zero-order chi connectivity index (χ0) is 36.3. The molecule has 0 aliphatic carbocycles. The van der Waals surface area contributed by atoms with E-state index in [1.165, 1.54) is 4.90 Å². The van der Waals surface area contributed by atoms with Crippen LogP contribution in [0.1, 0.15) is 43.4 Å². The average Bonchev–Trinajstić information content (AvgIpc) is 3.63. The number of thiocarbonyl (C=S) groups is 1. The van der Waals surface area contributed by atoms with Crippen LogP contribution in [0.4, 0.5) is 0 Å². The zero-order valence-electron chi connectivity index (χ0n) is 29.0. The van der Waals surface area contributed by atoms with Crippen LogP contribution in [0, 0.1) is 5.92 Å². The second-order valence-corrected chi connectivity index (χ2v) is 13.9. The minimum Gasteiger partial charge on any atom is -0.366 e. The Morgan fingerprint density at radius 2 is 1.12 bits per heavy atom. The van der Waals surface area contributed by atoms with Crippen LogP contribution in [0.3, 0.4) is 0 Å². The van der Waals surface area contributed by atoms with Crippen LogP contribution in [-0.2, 0) is 43.2 Å². The van der Waals surface area contributed by atoms with Gasteiger partial charge in [0.25, 0.3) is 0 Å². The summed E-state index contributed by atoms with van der Waals surface area (Å²) >= 11 is 5.90. The molecule has 2 aliphatic heterocycles. The van der Waals surface area contributed by atoms with E-state index in [1.54, 1.807) is 0 Å². The molecule has 2 fully saturated rings. The molecule has 3 aromatic rings. The van der Waals surface area contributed by atoms with Crippen molar-refractivity contribution in [1.29, 1.82) is 0 Å². The number of fused-ring (bicyclic) bond motifs is 1. The molecule has 0 spiro atoms. The fraction of sp³-hybridized carbons (Fsp3) is 0.385. The SMILES string of the molecule is CC(C)[C@@H]1NC(=O)[C@H](Cc2ccccc2)NC(=O)[C@@H]2CCCN2C(=O)CNC(=O)[C@H](Cc2ccccc2)NC(=S)[C@H](Cc2ccccc2)NC1=O. The van der Waals surface area contributed by atoms with E-state index < -0.39 is 59.7 Å². The third kappa shape index (κ3) is 10.2. The van der Waals surface area contributed by atoms with Gasteiger partial charge in [-0.15, -0.1) is 0 Å². The molecule has 5 rings (SSSR count). The van der Waals surface area contributed by atoms with E-state index in [0.717, 1.165) is 16.7 Å². The third-order valence-corrected chi connectivity index (χ3v) is 9.69. The number of amides is 5. The Balaban J connectivity index is 1.49. The number of nitrogens with one attached hydrogen (secondary N) is 5. The number of rotatable bonds is 7. The molecule has 5 N–H and O–H groups in total. The van der Waals surface area contributed by atoms with Crippen LogP contribution in [0.5, 0.6) is 0 Å². The number of carbonyl (C=O) groups is 5. The lowest BCUT2D eigenvalue weighted by Gasteiger charge is -2.31. The normalized spacial score (nSPS) is 24.0. The van der Waals surface area contributed by atoms with Gasteiger partial charge in [0.05, 0.1) is 17.6 Å². The van der Waals surface area contributed by atoms with E-state index >= 15 is 0 Å². The Labute approximate surface area is 304 Å². The Morgan fingerprint density at radius 3 is 1.65 bits per heavy atom. The van der Waals surface area contributed by atoms with E-state index in [4.69, 9.17) is 12.2 Å². The predicted octanol–water partition coefficient (Wildman–Crippen LogP) is 2.23. The highest BCUT2D eigenvalue weighted by Gasteiger charge is 2.38. The highest BCUT2D eigenvalue weighted by atomic mass is 32.1. The van der Waals surface area contributed by atoms with Gasteiger partial charge in [-0.2, -0.15) is 0 Å². The Morgan fingerprint density at radius 1 is 0.627 bits per heavy atom. The molecule has 5 amide bonds. The van der Waals surface area contributed by atoms with Crippen molar-refractivity contribution in [2.24, 2.45) is 5.92 Å². The Kier molecular flexibility index (Phi) is 12.9. The lowest BCUT2D eigenvalue weighted by atomic mass is 9.99. The first-order valence-corrected chi connectivity index (χ1v) is 17.9. The summed E-state index contributed by atoms with van der Waals surface area (Å²) in [5.74, 6) is -2.62. The maximum absolute atomic E-state index is 14.1. The molecule has 0 unspecified atom stereocenters. The monoisotopic (exact) mass is 710 g/mol.